The Morgan fingerprint density at radius 2 is 0.968 bits per heavy atom. The van der Waals surface area contributed by atoms with Gasteiger partial charge in [-0.15, -0.1) is 0 Å². The first kappa shape index (κ1) is 20.8. The molecule has 3 aromatic rings. The summed E-state index contributed by atoms with van der Waals surface area (Å²) in [6.45, 7) is 0. The molecule has 7 N–H and O–H groups in total. The molecule has 0 atom stereocenters. The number of carbonyl (C=O) groups is 6. The number of H-pyrrole nitrogens is 1. The van der Waals surface area contributed by atoms with Crippen LogP contribution in [0.2, 0.25) is 0 Å². The number of fused-ring (bicyclic) bond motifs is 3. The van der Waals surface area contributed by atoms with Crippen molar-refractivity contribution in [1.82, 2.24) is 4.98 Å². The van der Waals surface area contributed by atoms with E-state index in [4.69, 9.17) is 0 Å². The number of benzene rings is 2. The Morgan fingerprint density at radius 3 is 1.39 bits per heavy atom. The number of aromatic carboxylic acids is 6. The van der Waals surface area contributed by atoms with Crippen molar-refractivity contribution in [2.24, 2.45) is 0 Å². The molecule has 3 rings (SSSR count). The second kappa shape index (κ2) is 6.84. The van der Waals surface area contributed by atoms with E-state index in [-0.39, 0.29) is 5.52 Å². The Morgan fingerprint density at radius 1 is 0.516 bits per heavy atom. The summed E-state index contributed by atoms with van der Waals surface area (Å²) in [5.41, 5.74) is -7.73. The van der Waals surface area contributed by atoms with Crippen LogP contribution in [0.4, 0.5) is 0 Å². The SMILES string of the molecule is O=C(O)c1ccc2[nH]c3c(C(=O)O)c(C(=O)O)c(C(=O)O)c(C(=O)O)c3c2c1C(=O)O. The molecule has 0 aliphatic carbocycles. The third kappa shape index (κ3) is 2.88. The minimum atomic E-state index is -2.10. The topological polar surface area (TPSA) is 240 Å². The molecule has 31 heavy (non-hydrogen) atoms. The van der Waals surface area contributed by atoms with Crippen LogP contribution in [-0.4, -0.2) is 71.4 Å². The Labute approximate surface area is 168 Å². The molecule has 0 bridgehead atoms. The molecule has 0 amide bonds. The van der Waals surface area contributed by atoms with Gasteiger partial charge in [-0.2, -0.15) is 0 Å². The van der Waals surface area contributed by atoms with Crippen LogP contribution in [0.3, 0.4) is 0 Å². The first-order chi connectivity index (χ1) is 14.4. The van der Waals surface area contributed by atoms with Crippen molar-refractivity contribution in [3.8, 4) is 0 Å². The largest absolute Gasteiger partial charge is 0.478 e. The molecule has 13 heteroatoms. The number of carboxylic acids is 6. The fourth-order valence-corrected chi connectivity index (χ4v) is 3.48. The van der Waals surface area contributed by atoms with E-state index in [1.807, 2.05) is 0 Å². The Kier molecular flexibility index (Phi) is 4.58. The van der Waals surface area contributed by atoms with Gasteiger partial charge in [0.15, 0.2) is 0 Å². The number of aromatic amines is 1. The molecule has 0 spiro atoms. The second-order valence-electron chi connectivity index (χ2n) is 6.12. The first-order valence-corrected chi connectivity index (χ1v) is 7.98. The molecule has 0 aliphatic heterocycles. The molecule has 0 unspecified atom stereocenters. The van der Waals surface area contributed by atoms with Gasteiger partial charge in [-0.1, -0.05) is 0 Å². The lowest BCUT2D eigenvalue weighted by molar-refractivity contribution is 0.0621. The highest BCUT2D eigenvalue weighted by molar-refractivity contribution is 6.31. The molecule has 0 radical (unpaired) electrons. The van der Waals surface area contributed by atoms with Crippen molar-refractivity contribution in [3.63, 3.8) is 0 Å². The Hall–Kier alpha value is -4.94. The van der Waals surface area contributed by atoms with E-state index >= 15 is 0 Å². The maximum atomic E-state index is 12.0. The fourth-order valence-electron chi connectivity index (χ4n) is 3.48. The van der Waals surface area contributed by atoms with Crippen molar-refractivity contribution >= 4 is 57.6 Å². The third-order valence-electron chi connectivity index (χ3n) is 4.51. The molecule has 158 valence electrons. The van der Waals surface area contributed by atoms with Gasteiger partial charge in [0, 0.05) is 16.3 Å². The molecule has 0 saturated heterocycles. The molecule has 2 aromatic carbocycles. The standard InChI is InChI=1S/C18H9NO12/c20-13(21)3-1-2-4-6(5(3)14(22)23)7-8(15(24)25)9(16(26)27)10(17(28)29)11(18(30)31)12(7)19-4/h1-2,19H,(H,20,21)(H,22,23)(H,24,25)(H,26,27)(H,28,29)(H,30,31). The van der Waals surface area contributed by atoms with E-state index in [9.17, 15) is 59.4 Å². The highest BCUT2D eigenvalue weighted by atomic mass is 16.4. The molecular formula is C18H9NO12. The van der Waals surface area contributed by atoms with Crippen molar-refractivity contribution in [2.75, 3.05) is 0 Å². The van der Waals surface area contributed by atoms with E-state index in [0.717, 1.165) is 12.1 Å². The molecule has 1 heterocycles. The number of hydrogen-bond acceptors (Lipinski definition) is 6. The van der Waals surface area contributed by atoms with Gasteiger partial charge in [-0.25, -0.2) is 28.8 Å². The van der Waals surface area contributed by atoms with Crippen molar-refractivity contribution in [2.45, 2.75) is 0 Å². The van der Waals surface area contributed by atoms with Crippen LogP contribution < -0.4 is 0 Å². The lowest BCUT2D eigenvalue weighted by atomic mass is 9.89. The molecule has 1 aromatic heterocycles. The van der Waals surface area contributed by atoms with Gasteiger partial charge >= 0.3 is 35.8 Å². The summed E-state index contributed by atoms with van der Waals surface area (Å²) >= 11 is 0. The number of rotatable bonds is 6. The van der Waals surface area contributed by atoms with Gasteiger partial charge in [0.2, 0.25) is 0 Å². The van der Waals surface area contributed by atoms with E-state index in [1.54, 1.807) is 0 Å². The predicted octanol–water partition coefficient (Wildman–Crippen LogP) is 1.51. The zero-order chi connectivity index (χ0) is 23.4. The summed E-state index contributed by atoms with van der Waals surface area (Å²) in [5, 5.41) is 55.7. The van der Waals surface area contributed by atoms with Gasteiger partial charge in [0.1, 0.15) is 0 Å². The molecule has 0 saturated carbocycles. The van der Waals surface area contributed by atoms with E-state index in [0.29, 0.717) is 0 Å². The second-order valence-corrected chi connectivity index (χ2v) is 6.12. The quantitative estimate of drug-likeness (QED) is 0.294. The lowest BCUT2D eigenvalue weighted by Crippen LogP contribution is -2.20. The first-order valence-electron chi connectivity index (χ1n) is 7.98. The number of aromatic nitrogens is 1. The van der Waals surface area contributed by atoms with Crippen LogP contribution in [0.1, 0.15) is 62.1 Å². The lowest BCUT2D eigenvalue weighted by Gasteiger charge is -2.12. The highest BCUT2D eigenvalue weighted by Gasteiger charge is 2.36. The zero-order valence-electron chi connectivity index (χ0n) is 14.8. The van der Waals surface area contributed by atoms with Crippen molar-refractivity contribution in [3.05, 3.63) is 45.5 Å². The monoisotopic (exact) mass is 431 g/mol. The molecule has 13 nitrogen and oxygen atoms in total. The van der Waals surface area contributed by atoms with E-state index in [2.05, 4.69) is 4.98 Å². The van der Waals surface area contributed by atoms with Crippen molar-refractivity contribution in [1.29, 1.82) is 0 Å². The maximum Gasteiger partial charge on any atom is 0.338 e. The van der Waals surface area contributed by atoms with Gasteiger partial charge < -0.3 is 35.6 Å². The molecule has 0 fully saturated rings. The van der Waals surface area contributed by atoms with Gasteiger partial charge in [0.05, 0.1) is 38.9 Å². The van der Waals surface area contributed by atoms with E-state index in [1.165, 1.54) is 0 Å². The summed E-state index contributed by atoms with van der Waals surface area (Å²) in [4.78, 5) is 73.0. The number of nitrogens with one attached hydrogen (secondary N) is 1. The Bertz CT molecular complexity index is 1390. The van der Waals surface area contributed by atoms with Crippen LogP contribution in [0.25, 0.3) is 21.8 Å². The van der Waals surface area contributed by atoms with Crippen LogP contribution in [0, 0.1) is 0 Å². The minimum absolute atomic E-state index is 0.249. The average Bonchev–Trinajstić information content (AvgIpc) is 3.02. The van der Waals surface area contributed by atoms with Crippen molar-refractivity contribution < 1.29 is 59.4 Å². The summed E-state index contributed by atoms with van der Waals surface area (Å²) in [6, 6.07) is 1.88. The fraction of sp³-hybridized carbons (Fsp3) is 0. The maximum absolute atomic E-state index is 12.0. The number of hydrogen-bond donors (Lipinski definition) is 7. The van der Waals surface area contributed by atoms with E-state index < -0.39 is 85.5 Å². The number of carboxylic acid groups (broad SMARTS) is 6. The predicted molar refractivity (Wildman–Crippen MR) is 97.6 cm³/mol. The summed E-state index contributed by atoms with van der Waals surface area (Å²) in [5.74, 6) is -11.6. The average molecular weight is 431 g/mol. The van der Waals surface area contributed by atoms with Gasteiger partial charge in [-0.3, -0.25) is 0 Å². The van der Waals surface area contributed by atoms with Gasteiger partial charge in [0.25, 0.3) is 0 Å². The molecular weight excluding hydrogens is 422 g/mol. The summed E-state index contributed by atoms with van der Waals surface area (Å²) in [7, 11) is 0. The minimum Gasteiger partial charge on any atom is -0.478 e. The molecule has 0 aliphatic rings. The van der Waals surface area contributed by atoms with Crippen LogP contribution in [-0.2, 0) is 0 Å². The highest BCUT2D eigenvalue weighted by Crippen LogP contribution is 2.39. The zero-order valence-corrected chi connectivity index (χ0v) is 14.8. The van der Waals surface area contributed by atoms with Crippen LogP contribution in [0.5, 0.6) is 0 Å². The third-order valence-corrected chi connectivity index (χ3v) is 4.51. The Balaban J connectivity index is 2.88. The summed E-state index contributed by atoms with van der Waals surface area (Å²) in [6.07, 6.45) is 0. The van der Waals surface area contributed by atoms with Crippen LogP contribution in [0.15, 0.2) is 12.1 Å². The van der Waals surface area contributed by atoms with Crippen LogP contribution >= 0.6 is 0 Å². The smallest absolute Gasteiger partial charge is 0.338 e. The normalized spacial score (nSPS) is 10.8. The summed E-state index contributed by atoms with van der Waals surface area (Å²) < 4.78 is 0. The van der Waals surface area contributed by atoms with Gasteiger partial charge in [-0.05, 0) is 12.1 Å².